The first-order chi connectivity index (χ1) is 6.11. The Morgan fingerprint density at radius 1 is 1.50 bits per heavy atom. The van der Waals surface area contributed by atoms with Crippen molar-refractivity contribution in [2.75, 3.05) is 11.9 Å². The van der Waals surface area contributed by atoms with Crippen LogP contribution in [-0.4, -0.2) is 13.0 Å². The molecule has 2 rings (SSSR count). The van der Waals surface area contributed by atoms with E-state index in [9.17, 15) is 4.79 Å². The second kappa shape index (κ2) is 3.88. The lowest BCUT2D eigenvalue weighted by atomic mass is 10.1. The number of fused-ring (bicyclic) bond motifs is 1. The smallest absolute Gasteiger partial charge is 0.248 e. The number of hydrogen-bond acceptors (Lipinski definition) is 2. The fourth-order valence-corrected chi connectivity index (χ4v) is 1.88. The lowest BCUT2D eigenvalue weighted by Crippen LogP contribution is -2.27. The third-order valence-corrected chi connectivity index (χ3v) is 2.78. The fourth-order valence-electron chi connectivity index (χ4n) is 1.53. The van der Waals surface area contributed by atoms with Crippen molar-refractivity contribution in [2.24, 2.45) is 5.73 Å². The van der Waals surface area contributed by atoms with Crippen LogP contribution in [0.4, 0.5) is 5.69 Å². The molecule has 3 nitrogen and oxygen atoms in total. The summed E-state index contributed by atoms with van der Waals surface area (Å²) < 4.78 is 0.958. The van der Waals surface area contributed by atoms with Crippen LogP contribution in [0.1, 0.15) is 11.6 Å². The molecule has 1 heterocycles. The van der Waals surface area contributed by atoms with Crippen LogP contribution >= 0.6 is 28.3 Å². The predicted molar refractivity (Wildman–Crippen MR) is 61.7 cm³/mol. The quantitative estimate of drug-likeness (QED) is 0.786. The van der Waals surface area contributed by atoms with Gasteiger partial charge in [-0.15, -0.1) is 12.4 Å². The van der Waals surface area contributed by atoms with Crippen LogP contribution in [0.3, 0.4) is 0 Å². The molecule has 0 aliphatic carbocycles. The highest BCUT2D eigenvalue weighted by atomic mass is 79.9. The Bertz CT molecular complexity index is 383. The summed E-state index contributed by atoms with van der Waals surface area (Å²) in [7, 11) is 1.74. The van der Waals surface area contributed by atoms with Gasteiger partial charge in [-0.3, -0.25) is 4.79 Å². The van der Waals surface area contributed by atoms with E-state index in [1.165, 1.54) is 0 Å². The van der Waals surface area contributed by atoms with Crippen LogP contribution in [0, 0.1) is 0 Å². The van der Waals surface area contributed by atoms with Crippen molar-refractivity contribution in [1.29, 1.82) is 0 Å². The van der Waals surface area contributed by atoms with E-state index in [0.29, 0.717) is 0 Å². The van der Waals surface area contributed by atoms with Gasteiger partial charge in [0, 0.05) is 22.8 Å². The van der Waals surface area contributed by atoms with Gasteiger partial charge in [0.2, 0.25) is 5.91 Å². The van der Waals surface area contributed by atoms with Crippen molar-refractivity contribution in [3.63, 3.8) is 0 Å². The molecule has 0 spiro atoms. The summed E-state index contributed by atoms with van der Waals surface area (Å²) in [6, 6.07) is 5.18. The van der Waals surface area contributed by atoms with Crippen LogP contribution in [0.25, 0.3) is 0 Å². The number of amides is 1. The fraction of sp³-hybridized carbons (Fsp3) is 0.222. The summed E-state index contributed by atoms with van der Waals surface area (Å²) in [6.07, 6.45) is 0. The molecule has 0 bridgehead atoms. The van der Waals surface area contributed by atoms with Crippen molar-refractivity contribution in [3.8, 4) is 0 Å². The van der Waals surface area contributed by atoms with Crippen LogP contribution in [-0.2, 0) is 4.79 Å². The van der Waals surface area contributed by atoms with E-state index in [1.54, 1.807) is 11.9 Å². The number of anilines is 1. The third-order valence-electron chi connectivity index (χ3n) is 2.29. The van der Waals surface area contributed by atoms with Crippen molar-refractivity contribution in [2.45, 2.75) is 6.04 Å². The Hall–Kier alpha value is -0.580. The van der Waals surface area contributed by atoms with E-state index < -0.39 is 6.04 Å². The number of nitrogens with two attached hydrogens (primary N) is 1. The molecule has 1 atom stereocenters. The zero-order valence-corrected chi connectivity index (χ0v) is 9.93. The topological polar surface area (TPSA) is 46.3 Å². The monoisotopic (exact) mass is 276 g/mol. The molecule has 14 heavy (non-hydrogen) atoms. The summed E-state index contributed by atoms with van der Waals surface area (Å²) in [5, 5.41) is 0. The molecule has 2 N–H and O–H groups in total. The Balaban J connectivity index is 0.000000980. The molecule has 5 heteroatoms. The Morgan fingerprint density at radius 2 is 2.14 bits per heavy atom. The first-order valence-electron chi connectivity index (χ1n) is 3.94. The number of carbonyl (C=O) groups excluding carboxylic acids is 1. The summed E-state index contributed by atoms with van der Waals surface area (Å²) in [6.45, 7) is 0. The SMILES string of the molecule is CN1C(=O)C(N)c2ccc(Br)cc21.Cl. The van der Waals surface area contributed by atoms with Crippen LogP contribution in [0.5, 0.6) is 0 Å². The second-order valence-electron chi connectivity index (χ2n) is 3.08. The van der Waals surface area contributed by atoms with E-state index >= 15 is 0 Å². The molecule has 0 aromatic heterocycles. The summed E-state index contributed by atoms with van der Waals surface area (Å²) in [5.74, 6) is -0.0481. The highest BCUT2D eigenvalue weighted by Gasteiger charge is 2.31. The maximum atomic E-state index is 11.5. The minimum atomic E-state index is -0.493. The van der Waals surface area contributed by atoms with Gasteiger partial charge in [-0.05, 0) is 12.1 Å². The molecule has 1 aromatic carbocycles. The maximum Gasteiger partial charge on any atom is 0.248 e. The molecular formula is C9H10BrClN2O. The molecule has 1 unspecified atom stereocenters. The van der Waals surface area contributed by atoms with Gasteiger partial charge in [0.25, 0.3) is 0 Å². The van der Waals surface area contributed by atoms with Gasteiger partial charge in [-0.1, -0.05) is 22.0 Å². The average Bonchev–Trinajstić information content (AvgIpc) is 2.32. The molecule has 0 radical (unpaired) electrons. The number of halogens is 2. The number of carbonyl (C=O) groups is 1. The largest absolute Gasteiger partial charge is 0.316 e. The van der Waals surface area contributed by atoms with Gasteiger partial charge in [0.05, 0.1) is 0 Å². The summed E-state index contributed by atoms with van der Waals surface area (Å²) in [5.41, 5.74) is 7.52. The number of benzene rings is 1. The van der Waals surface area contributed by atoms with Gasteiger partial charge >= 0.3 is 0 Å². The number of hydrogen-bond donors (Lipinski definition) is 1. The minimum absolute atomic E-state index is 0. The van der Waals surface area contributed by atoms with Crippen LogP contribution < -0.4 is 10.6 Å². The average molecular weight is 278 g/mol. The van der Waals surface area contributed by atoms with E-state index in [4.69, 9.17) is 5.73 Å². The lowest BCUT2D eigenvalue weighted by Gasteiger charge is -2.09. The number of nitrogens with zero attached hydrogens (tertiary/aromatic N) is 1. The van der Waals surface area contributed by atoms with Crippen molar-refractivity contribution in [3.05, 3.63) is 28.2 Å². The summed E-state index contributed by atoms with van der Waals surface area (Å²) in [4.78, 5) is 13.0. The van der Waals surface area contributed by atoms with E-state index in [2.05, 4.69) is 15.9 Å². The first-order valence-corrected chi connectivity index (χ1v) is 4.73. The van der Waals surface area contributed by atoms with Gasteiger partial charge in [0.15, 0.2) is 0 Å². The first kappa shape index (κ1) is 11.5. The number of rotatable bonds is 0. The maximum absolute atomic E-state index is 11.5. The highest BCUT2D eigenvalue weighted by Crippen LogP contribution is 2.35. The van der Waals surface area contributed by atoms with Crippen molar-refractivity contribution < 1.29 is 4.79 Å². The van der Waals surface area contributed by atoms with Crippen LogP contribution in [0.15, 0.2) is 22.7 Å². The highest BCUT2D eigenvalue weighted by molar-refractivity contribution is 9.10. The molecule has 0 saturated carbocycles. The standard InChI is InChI=1S/C9H9BrN2O.ClH/c1-12-7-4-5(10)2-3-6(7)8(11)9(12)13;/h2-4,8H,11H2,1H3;1H. The summed E-state index contributed by atoms with van der Waals surface area (Å²) >= 11 is 3.35. The molecule has 0 saturated heterocycles. The molecule has 1 aromatic rings. The second-order valence-corrected chi connectivity index (χ2v) is 3.99. The molecule has 1 aliphatic heterocycles. The molecule has 1 aliphatic rings. The predicted octanol–water partition coefficient (Wildman–Crippen LogP) is 1.85. The molecular weight excluding hydrogens is 267 g/mol. The van der Waals surface area contributed by atoms with Crippen molar-refractivity contribution in [1.82, 2.24) is 0 Å². The molecule has 76 valence electrons. The van der Waals surface area contributed by atoms with E-state index in [0.717, 1.165) is 15.7 Å². The van der Waals surface area contributed by atoms with Gasteiger partial charge in [0.1, 0.15) is 6.04 Å². The van der Waals surface area contributed by atoms with Crippen molar-refractivity contribution >= 4 is 39.9 Å². The third kappa shape index (κ3) is 1.54. The minimum Gasteiger partial charge on any atom is -0.316 e. The molecule has 1 amide bonds. The van der Waals surface area contributed by atoms with Crippen LogP contribution in [0.2, 0.25) is 0 Å². The van der Waals surface area contributed by atoms with E-state index in [-0.39, 0.29) is 18.3 Å². The number of likely N-dealkylation sites (N-methyl/N-ethyl adjacent to an activating group) is 1. The normalized spacial score (nSPS) is 19.2. The van der Waals surface area contributed by atoms with Gasteiger partial charge in [-0.25, -0.2) is 0 Å². The zero-order chi connectivity index (χ0) is 9.59. The Labute approximate surface area is 96.8 Å². The lowest BCUT2D eigenvalue weighted by molar-refractivity contribution is -0.118. The van der Waals surface area contributed by atoms with Gasteiger partial charge in [-0.2, -0.15) is 0 Å². The zero-order valence-electron chi connectivity index (χ0n) is 7.53. The van der Waals surface area contributed by atoms with Gasteiger partial charge < -0.3 is 10.6 Å². The Kier molecular flexibility index (Phi) is 3.19. The molecule has 0 fully saturated rings. The van der Waals surface area contributed by atoms with E-state index in [1.807, 2.05) is 18.2 Å². The Morgan fingerprint density at radius 3 is 2.79 bits per heavy atom.